The maximum atomic E-state index is 12.9. The molecule has 1 aliphatic heterocycles. The number of imidazole rings is 1. The molecule has 4 rings (SSSR count). The zero-order valence-corrected chi connectivity index (χ0v) is 17.3. The minimum Gasteiger partial charge on any atom is -0.494 e. The molecule has 1 aliphatic rings. The summed E-state index contributed by atoms with van der Waals surface area (Å²) in [5.41, 5.74) is 3.06. The zero-order valence-electron chi connectivity index (χ0n) is 17.3. The molecule has 3 aromatic rings. The van der Waals surface area contributed by atoms with Gasteiger partial charge >= 0.3 is 0 Å². The van der Waals surface area contributed by atoms with Crippen LogP contribution in [0.1, 0.15) is 50.5 Å². The van der Waals surface area contributed by atoms with E-state index < -0.39 is 0 Å². The summed E-state index contributed by atoms with van der Waals surface area (Å²) >= 11 is 0. The van der Waals surface area contributed by atoms with Gasteiger partial charge in [-0.15, -0.1) is 0 Å². The van der Waals surface area contributed by atoms with Crippen LogP contribution in [0.5, 0.6) is 5.75 Å². The molecule has 6 nitrogen and oxygen atoms in total. The van der Waals surface area contributed by atoms with E-state index in [-0.39, 0.29) is 11.8 Å². The molecule has 3 heterocycles. The number of nitrogens with zero attached hydrogens (tertiary/aromatic N) is 4. The molecule has 1 saturated heterocycles. The third-order valence-electron chi connectivity index (χ3n) is 5.53. The molecule has 0 radical (unpaired) electrons. The van der Waals surface area contributed by atoms with Crippen molar-refractivity contribution in [3.63, 3.8) is 0 Å². The number of benzene rings is 1. The number of likely N-dealkylation sites (tertiary alicyclic amines) is 1. The van der Waals surface area contributed by atoms with Crippen molar-refractivity contribution in [2.45, 2.75) is 45.6 Å². The minimum absolute atomic E-state index is 0.172. The monoisotopic (exact) mass is 392 g/mol. The van der Waals surface area contributed by atoms with Crippen molar-refractivity contribution in [3.8, 4) is 5.75 Å². The number of aromatic nitrogens is 3. The van der Waals surface area contributed by atoms with E-state index in [1.807, 2.05) is 48.4 Å². The Balaban J connectivity index is 1.47. The van der Waals surface area contributed by atoms with Crippen LogP contribution in [0.2, 0.25) is 0 Å². The number of hydrogen-bond donors (Lipinski definition) is 0. The third-order valence-corrected chi connectivity index (χ3v) is 5.53. The summed E-state index contributed by atoms with van der Waals surface area (Å²) in [6.07, 6.45) is 5.03. The van der Waals surface area contributed by atoms with E-state index in [1.54, 1.807) is 6.20 Å². The lowest BCUT2D eigenvalue weighted by molar-refractivity contribution is -0.129. The molecular formula is C23H28N4O2. The highest BCUT2D eigenvalue weighted by atomic mass is 16.5. The summed E-state index contributed by atoms with van der Waals surface area (Å²) in [6, 6.07) is 10.1. The van der Waals surface area contributed by atoms with Gasteiger partial charge in [-0.05, 0) is 51.0 Å². The Kier molecular flexibility index (Phi) is 5.51. The Bertz CT molecular complexity index is 994. The van der Waals surface area contributed by atoms with Crippen molar-refractivity contribution in [3.05, 3.63) is 54.1 Å². The van der Waals surface area contributed by atoms with Crippen molar-refractivity contribution >= 4 is 16.9 Å². The number of pyridine rings is 1. The van der Waals surface area contributed by atoms with Crippen LogP contribution in [-0.4, -0.2) is 45.0 Å². The van der Waals surface area contributed by atoms with E-state index in [0.29, 0.717) is 19.1 Å². The molecule has 0 unspecified atom stereocenters. The van der Waals surface area contributed by atoms with Gasteiger partial charge in [-0.3, -0.25) is 9.78 Å². The molecule has 1 fully saturated rings. The van der Waals surface area contributed by atoms with E-state index in [1.165, 1.54) is 0 Å². The molecule has 152 valence electrons. The summed E-state index contributed by atoms with van der Waals surface area (Å²) in [6.45, 7) is 8.44. The summed E-state index contributed by atoms with van der Waals surface area (Å²) in [7, 11) is 0. The first-order valence-corrected chi connectivity index (χ1v) is 10.4. The summed E-state index contributed by atoms with van der Waals surface area (Å²) in [5.74, 6) is 2.34. The molecule has 1 amide bonds. The highest BCUT2D eigenvalue weighted by Gasteiger charge is 2.31. The standard InChI is InChI=1S/C23H28N4O2/c1-4-29-19-7-5-17(6-8-19)13-22(28)26-12-10-18(15-26)23-25-20-9-11-24-14-21(20)27(23)16(2)3/h5-9,11,14,16,18H,4,10,12-13,15H2,1-3H3/t18-/m1/s1. The van der Waals surface area contributed by atoms with Crippen LogP contribution in [-0.2, 0) is 11.2 Å². The predicted octanol–water partition coefficient (Wildman–Crippen LogP) is 3.97. The fourth-order valence-electron chi connectivity index (χ4n) is 4.14. The van der Waals surface area contributed by atoms with Crippen molar-refractivity contribution in [1.29, 1.82) is 0 Å². The van der Waals surface area contributed by atoms with E-state index in [0.717, 1.165) is 47.7 Å². The number of carbonyl (C=O) groups is 1. The third kappa shape index (κ3) is 3.97. The van der Waals surface area contributed by atoms with Gasteiger partial charge in [-0.2, -0.15) is 0 Å². The van der Waals surface area contributed by atoms with Crippen LogP contribution < -0.4 is 4.74 Å². The number of amides is 1. The topological polar surface area (TPSA) is 60.2 Å². The molecule has 0 aliphatic carbocycles. The van der Waals surface area contributed by atoms with E-state index >= 15 is 0 Å². The highest BCUT2D eigenvalue weighted by Crippen LogP contribution is 2.31. The van der Waals surface area contributed by atoms with Gasteiger partial charge in [0.2, 0.25) is 5.91 Å². The van der Waals surface area contributed by atoms with Gasteiger partial charge in [0, 0.05) is 31.2 Å². The van der Waals surface area contributed by atoms with Gasteiger partial charge in [-0.25, -0.2) is 4.98 Å². The first kappa shape index (κ1) is 19.4. The van der Waals surface area contributed by atoms with Crippen molar-refractivity contribution in [2.75, 3.05) is 19.7 Å². The fraction of sp³-hybridized carbons (Fsp3) is 0.435. The second kappa shape index (κ2) is 8.23. The molecule has 1 aromatic carbocycles. The average Bonchev–Trinajstić information content (AvgIpc) is 3.34. The van der Waals surface area contributed by atoms with Crippen molar-refractivity contribution in [2.24, 2.45) is 0 Å². The molecule has 1 atom stereocenters. The fourth-order valence-corrected chi connectivity index (χ4v) is 4.14. The van der Waals surface area contributed by atoms with Gasteiger partial charge in [0.05, 0.1) is 30.3 Å². The summed E-state index contributed by atoms with van der Waals surface area (Å²) < 4.78 is 7.75. The lowest BCUT2D eigenvalue weighted by Gasteiger charge is -2.19. The van der Waals surface area contributed by atoms with Crippen LogP contribution >= 0.6 is 0 Å². The Labute approximate surface area is 171 Å². The normalized spacial score (nSPS) is 16.7. The van der Waals surface area contributed by atoms with Crippen molar-refractivity contribution in [1.82, 2.24) is 19.4 Å². The molecule has 0 N–H and O–H groups in total. The zero-order chi connectivity index (χ0) is 20.4. The van der Waals surface area contributed by atoms with E-state index in [9.17, 15) is 4.79 Å². The minimum atomic E-state index is 0.172. The summed E-state index contributed by atoms with van der Waals surface area (Å²) in [5, 5.41) is 0. The number of rotatable bonds is 6. The summed E-state index contributed by atoms with van der Waals surface area (Å²) in [4.78, 5) is 24.0. The largest absolute Gasteiger partial charge is 0.494 e. The SMILES string of the molecule is CCOc1ccc(CC(=O)N2CC[C@@H](c3nc4ccncc4n3C(C)C)C2)cc1. The molecular weight excluding hydrogens is 364 g/mol. The van der Waals surface area contributed by atoms with E-state index in [2.05, 4.69) is 23.4 Å². The van der Waals surface area contributed by atoms with Crippen LogP contribution in [0.15, 0.2) is 42.7 Å². The number of ether oxygens (including phenoxy) is 1. The Morgan fingerprint density at radius 1 is 1.24 bits per heavy atom. The maximum Gasteiger partial charge on any atom is 0.227 e. The lowest BCUT2D eigenvalue weighted by Crippen LogP contribution is -2.30. The van der Waals surface area contributed by atoms with Crippen LogP contribution in [0, 0.1) is 0 Å². The van der Waals surface area contributed by atoms with Gasteiger partial charge < -0.3 is 14.2 Å². The van der Waals surface area contributed by atoms with Gasteiger partial charge in [0.15, 0.2) is 0 Å². The Hall–Kier alpha value is -2.89. The second-order valence-electron chi connectivity index (χ2n) is 7.88. The van der Waals surface area contributed by atoms with Gasteiger partial charge in [-0.1, -0.05) is 12.1 Å². The Morgan fingerprint density at radius 2 is 2.03 bits per heavy atom. The first-order chi connectivity index (χ1) is 14.1. The van der Waals surface area contributed by atoms with Crippen LogP contribution in [0.25, 0.3) is 11.0 Å². The number of carbonyl (C=O) groups excluding carboxylic acids is 1. The van der Waals surface area contributed by atoms with Gasteiger partial charge in [0.1, 0.15) is 11.6 Å². The maximum absolute atomic E-state index is 12.9. The molecule has 0 spiro atoms. The molecule has 0 saturated carbocycles. The average molecular weight is 393 g/mol. The van der Waals surface area contributed by atoms with Crippen LogP contribution in [0.3, 0.4) is 0 Å². The molecule has 0 bridgehead atoms. The molecule has 2 aromatic heterocycles. The molecule has 29 heavy (non-hydrogen) atoms. The smallest absolute Gasteiger partial charge is 0.227 e. The Morgan fingerprint density at radius 3 is 2.76 bits per heavy atom. The van der Waals surface area contributed by atoms with Gasteiger partial charge in [0.25, 0.3) is 0 Å². The van der Waals surface area contributed by atoms with E-state index in [4.69, 9.17) is 9.72 Å². The lowest BCUT2D eigenvalue weighted by atomic mass is 10.1. The quantitative estimate of drug-likeness (QED) is 0.637. The van der Waals surface area contributed by atoms with Crippen LogP contribution in [0.4, 0.5) is 0 Å². The second-order valence-corrected chi connectivity index (χ2v) is 7.88. The number of fused-ring (bicyclic) bond motifs is 1. The predicted molar refractivity (Wildman–Crippen MR) is 113 cm³/mol. The molecule has 6 heteroatoms. The number of hydrogen-bond acceptors (Lipinski definition) is 4. The van der Waals surface area contributed by atoms with Crippen molar-refractivity contribution < 1.29 is 9.53 Å². The first-order valence-electron chi connectivity index (χ1n) is 10.4. The highest BCUT2D eigenvalue weighted by molar-refractivity contribution is 5.79.